The fourth-order valence-electron chi connectivity index (χ4n) is 4.81. The number of nitrogens with one attached hydrogen (secondary N) is 2. The van der Waals surface area contributed by atoms with Crippen LogP contribution in [0.15, 0.2) is 24.3 Å². The van der Waals surface area contributed by atoms with Gasteiger partial charge in [-0.15, -0.1) is 0 Å². The highest BCUT2D eigenvalue weighted by Gasteiger charge is 2.47. The Hall–Kier alpha value is -3.10. The number of rotatable bonds is 9. The lowest BCUT2D eigenvalue weighted by Crippen LogP contribution is -2.66. The van der Waals surface area contributed by atoms with E-state index in [1.165, 1.54) is 4.90 Å². The van der Waals surface area contributed by atoms with E-state index < -0.39 is 24.0 Å². The maximum Gasteiger partial charge on any atom is 0.247 e. The van der Waals surface area contributed by atoms with Crippen LogP contribution >= 0.6 is 0 Å². The van der Waals surface area contributed by atoms with Gasteiger partial charge < -0.3 is 26.0 Å². The summed E-state index contributed by atoms with van der Waals surface area (Å²) in [7, 11) is 1.55. The fourth-order valence-corrected chi connectivity index (χ4v) is 4.81. The summed E-state index contributed by atoms with van der Waals surface area (Å²) in [5, 5.41) is 5.90. The van der Waals surface area contributed by atoms with Gasteiger partial charge in [-0.05, 0) is 42.9 Å². The number of methoxy groups -OCH3 is 1. The Bertz CT molecular complexity index is 895. The molecule has 0 radical (unpaired) electrons. The highest BCUT2D eigenvalue weighted by molar-refractivity contribution is 6.00. The first-order valence-corrected chi connectivity index (χ1v) is 12.1. The van der Waals surface area contributed by atoms with Gasteiger partial charge in [0.05, 0.1) is 7.11 Å². The molecule has 186 valence electrons. The number of piperazine rings is 1. The predicted octanol–water partition coefficient (Wildman–Crippen LogP) is 1.80. The number of primary amides is 1. The zero-order valence-corrected chi connectivity index (χ0v) is 20.2. The Morgan fingerprint density at radius 3 is 2.35 bits per heavy atom. The number of amides is 4. The maximum absolute atomic E-state index is 13.7. The van der Waals surface area contributed by atoms with Crippen molar-refractivity contribution in [3.05, 3.63) is 29.8 Å². The highest BCUT2D eigenvalue weighted by Crippen LogP contribution is 2.32. The van der Waals surface area contributed by atoms with E-state index in [2.05, 4.69) is 10.6 Å². The van der Waals surface area contributed by atoms with E-state index in [0.717, 1.165) is 32.1 Å². The van der Waals surface area contributed by atoms with Gasteiger partial charge in [0, 0.05) is 12.5 Å². The van der Waals surface area contributed by atoms with Crippen molar-refractivity contribution in [2.45, 2.75) is 83.0 Å². The zero-order chi connectivity index (χ0) is 24.8. The number of hydrogen-bond donors (Lipinski definition) is 3. The predicted molar refractivity (Wildman–Crippen MR) is 127 cm³/mol. The SMILES string of the molecule is COc1ccc(C(C(=O)NC2CCCCC2)N2C(=O)[C@H](C(C)C)NC(=O)[C@@H]2CCC(N)=O)cc1. The Balaban J connectivity index is 2.03. The van der Waals surface area contributed by atoms with Gasteiger partial charge in [-0.1, -0.05) is 45.2 Å². The first-order chi connectivity index (χ1) is 16.2. The molecule has 3 atom stereocenters. The summed E-state index contributed by atoms with van der Waals surface area (Å²) >= 11 is 0. The zero-order valence-electron chi connectivity index (χ0n) is 20.2. The molecule has 1 aliphatic heterocycles. The molecule has 1 saturated heterocycles. The minimum atomic E-state index is -1.02. The van der Waals surface area contributed by atoms with Gasteiger partial charge >= 0.3 is 0 Å². The van der Waals surface area contributed by atoms with Crippen LogP contribution in [0.3, 0.4) is 0 Å². The van der Waals surface area contributed by atoms with Crippen LogP contribution < -0.4 is 21.1 Å². The molecule has 0 aromatic heterocycles. The third-order valence-electron chi connectivity index (χ3n) is 6.70. The van der Waals surface area contributed by atoms with Crippen LogP contribution in [-0.2, 0) is 19.2 Å². The van der Waals surface area contributed by atoms with E-state index in [1.807, 2.05) is 13.8 Å². The van der Waals surface area contributed by atoms with E-state index in [9.17, 15) is 19.2 Å². The Kier molecular flexibility index (Phi) is 8.52. The summed E-state index contributed by atoms with van der Waals surface area (Å²) in [4.78, 5) is 53.4. The molecule has 2 fully saturated rings. The van der Waals surface area contributed by atoms with Crippen LogP contribution in [0.2, 0.25) is 0 Å². The van der Waals surface area contributed by atoms with Crippen molar-refractivity contribution in [2.75, 3.05) is 7.11 Å². The number of benzene rings is 1. The lowest BCUT2D eigenvalue weighted by Gasteiger charge is -2.44. The molecule has 4 amide bonds. The second-order valence-electron chi connectivity index (χ2n) is 9.52. The van der Waals surface area contributed by atoms with Crippen molar-refractivity contribution in [1.82, 2.24) is 15.5 Å². The Morgan fingerprint density at radius 1 is 1.15 bits per heavy atom. The summed E-state index contributed by atoms with van der Waals surface area (Å²) in [6.07, 6.45) is 4.96. The third kappa shape index (κ3) is 5.87. The molecule has 9 heteroatoms. The summed E-state index contributed by atoms with van der Waals surface area (Å²) in [6.45, 7) is 3.69. The van der Waals surface area contributed by atoms with E-state index in [0.29, 0.717) is 11.3 Å². The maximum atomic E-state index is 13.7. The molecule has 9 nitrogen and oxygen atoms in total. The van der Waals surface area contributed by atoms with Gasteiger partial charge in [-0.3, -0.25) is 19.2 Å². The summed E-state index contributed by atoms with van der Waals surface area (Å²) in [6, 6.07) is 4.18. The average Bonchev–Trinajstić information content (AvgIpc) is 2.81. The quantitative estimate of drug-likeness (QED) is 0.504. The highest BCUT2D eigenvalue weighted by atomic mass is 16.5. The largest absolute Gasteiger partial charge is 0.497 e. The fraction of sp³-hybridized carbons (Fsp3) is 0.600. The molecular formula is C25H36N4O5. The third-order valence-corrected chi connectivity index (χ3v) is 6.70. The van der Waals surface area contributed by atoms with Crippen molar-refractivity contribution in [3.63, 3.8) is 0 Å². The van der Waals surface area contributed by atoms with Gasteiger partial charge in [0.2, 0.25) is 23.6 Å². The summed E-state index contributed by atoms with van der Waals surface area (Å²) in [5.41, 5.74) is 5.92. The normalized spacial score (nSPS) is 22.3. The topological polar surface area (TPSA) is 131 Å². The molecule has 3 rings (SSSR count). The molecule has 34 heavy (non-hydrogen) atoms. The molecule has 1 aliphatic carbocycles. The number of hydrogen-bond acceptors (Lipinski definition) is 5. The van der Waals surface area contributed by atoms with Crippen LogP contribution in [0, 0.1) is 5.92 Å². The molecule has 0 spiro atoms. The van der Waals surface area contributed by atoms with Gasteiger partial charge in [0.1, 0.15) is 23.9 Å². The van der Waals surface area contributed by atoms with E-state index in [-0.39, 0.29) is 42.5 Å². The summed E-state index contributed by atoms with van der Waals surface area (Å²) in [5.74, 6) is -1.19. The minimum Gasteiger partial charge on any atom is -0.497 e. The second-order valence-corrected chi connectivity index (χ2v) is 9.52. The number of ether oxygens (including phenoxy) is 1. The van der Waals surface area contributed by atoms with Gasteiger partial charge in [0.25, 0.3) is 0 Å². The first kappa shape index (κ1) is 25.5. The van der Waals surface area contributed by atoms with E-state index >= 15 is 0 Å². The lowest BCUT2D eigenvalue weighted by molar-refractivity contribution is -0.157. The molecule has 1 saturated carbocycles. The molecular weight excluding hydrogens is 436 g/mol. The Labute approximate surface area is 200 Å². The lowest BCUT2D eigenvalue weighted by atomic mass is 9.91. The van der Waals surface area contributed by atoms with Crippen molar-refractivity contribution >= 4 is 23.6 Å². The molecule has 1 unspecified atom stereocenters. The molecule has 2 aliphatic rings. The molecule has 1 aromatic carbocycles. The number of nitrogens with zero attached hydrogens (tertiary/aromatic N) is 1. The second kappa shape index (κ2) is 11.4. The molecule has 4 N–H and O–H groups in total. The molecule has 1 aromatic rings. The summed E-state index contributed by atoms with van der Waals surface area (Å²) < 4.78 is 5.25. The van der Waals surface area contributed by atoms with Crippen molar-refractivity contribution in [2.24, 2.45) is 11.7 Å². The smallest absolute Gasteiger partial charge is 0.247 e. The van der Waals surface area contributed by atoms with Crippen molar-refractivity contribution in [3.8, 4) is 5.75 Å². The van der Waals surface area contributed by atoms with Crippen LogP contribution in [0.4, 0.5) is 0 Å². The number of nitrogens with two attached hydrogens (primary N) is 1. The molecule has 1 heterocycles. The van der Waals surface area contributed by atoms with Gasteiger partial charge in [0.15, 0.2) is 0 Å². The number of carbonyl (C=O) groups is 4. The van der Waals surface area contributed by atoms with Crippen LogP contribution in [0.5, 0.6) is 5.75 Å². The van der Waals surface area contributed by atoms with E-state index in [4.69, 9.17) is 10.5 Å². The minimum absolute atomic E-state index is 0.0284. The van der Waals surface area contributed by atoms with E-state index in [1.54, 1.807) is 31.4 Å². The molecule has 0 bridgehead atoms. The average molecular weight is 473 g/mol. The Morgan fingerprint density at radius 2 is 1.79 bits per heavy atom. The first-order valence-electron chi connectivity index (χ1n) is 12.1. The van der Waals surface area contributed by atoms with Crippen molar-refractivity contribution in [1.29, 1.82) is 0 Å². The van der Waals surface area contributed by atoms with Crippen LogP contribution in [-0.4, -0.2) is 53.8 Å². The van der Waals surface area contributed by atoms with Gasteiger partial charge in [-0.2, -0.15) is 0 Å². The number of carbonyl (C=O) groups excluding carboxylic acids is 4. The van der Waals surface area contributed by atoms with Crippen molar-refractivity contribution < 1.29 is 23.9 Å². The van der Waals surface area contributed by atoms with Crippen LogP contribution in [0.1, 0.15) is 70.4 Å². The monoisotopic (exact) mass is 472 g/mol. The standard InChI is InChI=1S/C25H36N4O5/c1-15(2)21-25(33)29(19(23(31)28-21)13-14-20(26)30)22(16-9-11-18(34-3)12-10-16)24(32)27-17-7-5-4-6-8-17/h9-12,15,17,19,21-22H,4-8,13-14H2,1-3H3,(H2,26,30)(H,27,32)(H,28,31)/t19-,21-,22?/m0/s1. The van der Waals surface area contributed by atoms with Crippen LogP contribution in [0.25, 0.3) is 0 Å². The van der Waals surface area contributed by atoms with Gasteiger partial charge in [-0.25, -0.2) is 0 Å².